The quantitative estimate of drug-likeness (QED) is 0.663. The molecule has 172 valence electrons. The van der Waals surface area contributed by atoms with Crippen molar-refractivity contribution in [2.24, 2.45) is 17.1 Å². The number of hydrogen-bond donors (Lipinski definition) is 2. The van der Waals surface area contributed by atoms with Gasteiger partial charge >= 0.3 is 0 Å². The topological polar surface area (TPSA) is 105 Å². The van der Waals surface area contributed by atoms with E-state index in [0.717, 1.165) is 63.2 Å². The Kier molecular flexibility index (Phi) is 5.77. The molecule has 0 aromatic heterocycles. The fourth-order valence-electron chi connectivity index (χ4n) is 6.05. The monoisotopic (exact) mass is 440 g/mol. The molecule has 4 aliphatic heterocycles. The van der Waals surface area contributed by atoms with E-state index in [2.05, 4.69) is 16.3 Å². The number of benzene rings is 1. The summed E-state index contributed by atoms with van der Waals surface area (Å²) in [5, 5.41) is 2.36. The second-order valence-corrected chi connectivity index (χ2v) is 9.81. The molecule has 4 heterocycles. The first-order chi connectivity index (χ1) is 15.5. The predicted octanol–water partition coefficient (Wildman–Crippen LogP) is 1.03. The Morgan fingerprint density at radius 1 is 1.16 bits per heavy atom. The van der Waals surface area contributed by atoms with Crippen LogP contribution in [0.15, 0.2) is 18.2 Å². The lowest BCUT2D eigenvalue weighted by Gasteiger charge is -2.39. The maximum absolute atomic E-state index is 13.1. The Morgan fingerprint density at radius 2 is 1.97 bits per heavy atom. The molecule has 3 saturated heterocycles. The van der Waals surface area contributed by atoms with E-state index in [4.69, 9.17) is 10.5 Å². The summed E-state index contributed by atoms with van der Waals surface area (Å²) in [6.45, 7) is 5.60. The standard InChI is InChI=1S/C24H32N4O4/c25-14-24(18-5-9-32-10-6-18)7-8-27(15-24)12-16-1-2-17-13-28(23(31)19(17)11-16)20-3-4-21(29)26-22(20)30/h1-2,11,18,20H,3-10,12-15,25H2,(H,26,29,30). The molecular formula is C24H32N4O4. The summed E-state index contributed by atoms with van der Waals surface area (Å²) < 4.78 is 5.56. The van der Waals surface area contributed by atoms with Crippen molar-refractivity contribution >= 4 is 17.7 Å². The first-order valence-electron chi connectivity index (χ1n) is 11.8. The number of hydrogen-bond acceptors (Lipinski definition) is 6. The number of likely N-dealkylation sites (tertiary alicyclic amines) is 1. The molecule has 2 atom stereocenters. The van der Waals surface area contributed by atoms with E-state index < -0.39 is 6.04 Å². The maximum atomic E-state index is 13.1. The maximum Gasteiger partial charge on any atom is 0.255 e. The summed E-state index contributed by atoms with van der Waals surface area (Å²) in [6, 6.07) is 5.52. The number of ether oxygens (including phenoxy) is 1. The molecule has 3 amide bonds. The third-order valence-electron chi connectivity index (χ3n) is 7.96. The molecule has 0 saturated carbocycles. The Balaban J connectivity index is 1.26. The van der Waals surface area contributed by atoms with Gasteiger partial charge in [0, 0.05) is 44.8 Å². The number of nitrogens with two attached hydrogens (primary N) is 1. The molecule has 32 heavy (non-hydrogen) atoms. The fraction of sp³-hybridized carbons (Fsp3) is 0.625. The van der Waals surface area contributed by atoms with Gasteiger partial charge in [0.2, 0.25) is 11.8 Å². The molecular weight excluding hydrogens is 408 g/mol. The van der Waals surface area contributed by atoms with Gasteiger partial charge in [0.1, 0.15) is 6.04 Å². The number of fused-ring (bicyclic) bond motifs is 1. The number of imide groups is 1. The van der Waals surface area contributed by atoms with Crippen LogP contribution in [0.1, 0.15) is 53.6 Å². The first-order valence-corrected chi connectivity index (χ1v) is 11.8. The highest BCUT2D eigenvalue weighted by molar-refractivity contribution is 6.05. The van der Waals surface area contributed by atoms with Crippen molar-refractivity contribution in [2.45, 2.75) is 51.2 Å². The normalized spacial score (nSPS) is 29.5. The van der Waals surface area contributed by atoms with Crippen LogP contribution >= 0.6 is 0 Å². The minimum atomic E-state index is -0.570. The van der Waals surface area contributed by atoms with Crippen LogP contribution in [-0.2, 0) is 27.4 Å². The zero-order valence-corrected chi connectivity index (χ0v) is 18.5. The van der Waals surface area contributed by atoms with E-state index >= 15 is 0 Å². The zero-order chi connectivity index (χ0) is 22.3. The Labute approximate surface area is 188 Å². The van der Waals surface area contributed by atoms with Crippen molar-refractivity contribution in [3.8, 4) is 0 Å². The van der Waals surface area contributed by atoms with E-state index in [9.17, 15) is 14.4 Å². The van der Waals surface area contributed by atoms with Gasteiger partial charge in [0.05, 0.1) is 0 Å². The fourth-order valence-corrected chi connectivity index (χ4v) is 6.05. The Bertz CT molecular complexity index is 929. The molecule has 2 unspecified atom stereocenters. The molecule has 5 rings (SSSR count). The highest BCUT2D eigenvalue weighted by atomic mass is 16.5. The number of nitrogens with zero attached hydrogens (tertiary/aromatic N) is 2. The SMILES string of the molecule is NCC1(C2CCOCC2)CCN(Cc2ccc3c(c2)C(=O)N(C2CCC(=O)NC2=O)C3)C1. The third-order valence-corrected chi connectivity index (χ3v) is 7.96. The van der Waals surface area contributed by atoms with Gasteiger partial charge in [0.15, 0.2) is 0 Å². The summed E-state index contributed by atoms with van der Waals surface area (Å²) in [6.07, 6.45) is 3.95. The third kappa shape index (κ3) is 3.84. The number of carbonyl (C=O) groups excluding carboxylic acids is 3. The average molecular weight is 441 g/mol. The van der Waals surface area contributed by atoms with Gasteiger partial charge in [-0.1, -0.05) is 12.1 Å². The van der Waals surface area contributed by atoms with Crippen LogP contribution in [0.4, 0.5) is 0 Å². The number of rotatable bonds is 5. The highest BCUT2D eigenvalue weighted by Gasteiger charge is 2.44. The van der Waals surface area contributed by atoms with Crippen molar-refractivity contribution in [3.63, 3.8) is 0 Å². The van der Waals surface area contributed by atoms with Crippen molar-refractivity contribution in [1.82, 2.24) is 15.1 Å². The van der Waals surface area contributed by atoms with Crippen molar-refractivity contribution in [1.29, 1.82) is 0 Å². The molecule has 0 bridgehead atoms. The number of amides is 3. The Morgan fingerprint density at radius 3 is 2.72 bits per heavy atom. The largest absolute Gasteiger partial charge is 0.381 e. The molecule has 8 heteroatoms. The van der Waals surface area contributed by atoms with E-state index in [1.807, 2.05) is 12.1 Å². The van der Waals surface area contributed by atoms with Gasteiger partial charge in [-0.2, -0.15) is 0 Å². The highest BCUT2D eigenvalue weighted by Crippen LogP contribution is 2.42. The van der Waals surface area contributed by atoms with E-state index in [-0.39, 0.29) is 29.6 Å². The van der Waals surface area contributed by atoms with Crippen LogP contribution in [0.25, 0.3) is 0 Å². The van der Waals surface area contributed by atoms with Gasteiger partial charge in [-0.25, -0.2) is 0 Å². The summed E-state index contributed by atoms with van der Waals surface area (Å²) in [4.78, 5) is 40.9. The molecule has 3 fully saturated rings. The van der Waals surface area contributed by atoms with Crippen LogP contribution in [0.2, 0.25) is 0 Å². The van der Waals surface area contributed by atoms with Gasteiger partial charge in [-0.3, -0.25) is 24.6 Å². The smallest absolute Gasteiger partial charge is 0.255 e. The molecule has 8 nitrogen and oxygen atoms in total. The molecule has 1 aromatic carbocycles. The summed E-state index contributed by atoms with van der Waals surface area (Å²) in [7, 11) is 0. The summed E-state index contributed by atoms with van der Waals surface area (Å²) in [5.41, 5.74) is 9.19. The van der Waals surface area contributed by atoms with Crippen molar-refractivity contribution in [3.05, 3.63) is 34.9 Å². The lowest BCUT2D eigenvalue weighted by Crippen LogP contribution is -2.52. The van der Waals surface area contributed by atoms with Gasteiger partial charge in [-0.05, 0) is 67.3 Å². The average Bonchev–Trinajstić information content (AvgIpc) is 3.36. The zero-order valence-electron chi connectivity index (χ0n) is 18.5. The van der Waals surface area contributed by atoms with Gasteiger partial charge in [-0.15, -0.1) is 0 Å². The van der Waals surface area contributed by atoms with Crippen LogP contribution in [-0.4, -0.2) is 66.4 Å². The van der Waals surface area contributed by atoms with Crippen LogP contribution in [0, 0.1) is 11.3 Å². The van der Waals surface area contributed by atoms with Gasteiger partial charge in [0.25, 0.3) is 5.91 Å². The molecule has 0 radical (unpaired) electrons. The second kappa shape index (κ2) is 8.57. The van der Waals surface area contributed by atoms with E-state index in [0.29, 0.717) is 31.0 Å². The molecule has 0 spiro atoms. The van der Waals surface area contributed by atoms with Crippen molar-refractivity contribution < 1.29 is 19.1 Å². The number of piperidine rings is 1. The summed E-state index contributed by atoms with van der Waals surface area (Å²) >= 11 is 0. The number of carbonyl (C=O) groups is 3. The van der Waals surface area contributed by atoms with Crippen LogP contribution in [0.3, 0.4) is 0 Å². The van der Waals surface area contributed by atoms with Crippen molar-refractivity contribution in [2.75, 3.05) is 32.8 Å². The molecule has 4 aliphatic rings. The first kappa shape index (κ1) is 21.6. The second-order valence-electron chi connectivity index (χ2n) is 9.81. The predicted molar refractivity (Wildman–Crippen MR) is 117 cm³/mol. The lowest BCUT2D eigenvalue weighted by molar-refractivity contribution is -0.136. The molecule has 1 aromatic rings. The minimum absolute atomic E-state index is 0.115. The van der Waals surface area contributed by atoms with E-state index in [1.54, 1.807) is 4.90 Å². The molecule has 3 N–H and O–H groups in total. The van der Waals surface area contributed by atoms with Crippen LogP contribution in [0.5, 0.6) is 0 Å². The minimum Gasteiger partial charge on any atom is -0.381 e. The summed E-state index contributed by atoms with van der Waals surface area (Å²) in [5.74, 6) is -0.130. The Hall–Kier alpha value is -2.29. The lowest BCUT2D eigenvalue weighted by atomic mass is 9.71. The van der Waals surface area contributed by atoms with Gasteiger partial charge < -0.3 is 15.4 Å². The van der Waals surface area contributed by atoms with Crippen LogP contribution < -0.4 is 11.1 Å². The van der Waals surface area contributed by atoms with E-state index in [1.165, 1.54) is 0 Å². The number of nitrogens with one attached hydrogen (secondary N) is 1. The molecule has 0 aliphatic carbocycles.